The molecule has 0 radical (unpaired) electrons. The van der Waals surface area contributed by atoms with Crippen LogP contribution < -0.4 is 5.32 Å². The van der Waals surface area contributed by atoms with Crippen molar-refractivity contribution in [2.24, 2.45) is 0 Å². The standard InChI is InChI=1S/C18H22N4OS/c1-12-4-2-3-5-14(12)10-19-16(23)11-24-18-21-20-17(13-6-7-13)22(18)15-8-9-15/h2-5,13,15H,6-11H2,1H3,(H,19,23). The summed E-state index contributed by atoms with van der Waals surface area (Å²) in [7, 11) is 0. The molecule has 2 saturated carbocycles. The normalized spacial score (nSPS) is 17.0. The predicted molar refractivity (Wildman–Crippen MR) is 94.0 cm³/mol. The number of thioether (sulfide) groups is 1. The summed E-state index contributed by atoms with van der Waals surface area (Å²) in [6.45, 7) is 2.64. The molecule has 24 heavy (non-hydrogen) atoms. The molecule has 0 unspecified atom stereocenters. The van der Waals surface area contributed by atoms with Crippen molar-refractivity contribution < 1.29 is 4.79 Å². The smallest absolute Gasteiger partial charge is 0.230 e. The van der Waals surface area contributed by atoms with Crippen LogP contribution in [0.15, 0.2) is 29.4 Å². The first-order valence-corrected chi connectivity index (χ1v) is 9.59. The molecule has 4 rings (SSSR count). The first kappa shape index (κ1) is 15.7. The average Bonchev–Trinajstić information content (AvgIpc) is 3.51. The average molecular weight is 342 g/mol. The second kappa shape index (κ2) is 6.59. The van der Waals surface area contributed by atoms with Crippen LogP contribution in [0.1, 0.15) is 54.6 Å². The minimum absolute atomic E-state index is 0.0431. The third-order valence-corrected chi connectivity index (χ3v) is 5.56. The van der Waals surface area contributed by atoms with Gasteiger partial charge in [-0.1, -0.05) is 36.0 Å². The lowest BCUT2D eigenvalue weighted by molar-refractivity contribution is -0.118. The lowest BCUT2D eigenvalue weighted by Crippen LogP contribution is -2.25. The molecule has 2 aliphatic carbocycles. The molecule has 0 atom stereocenters. The highest BCUT2D eigenvalue weighted by atomic mass is 32.2. The number of rotatable bonds is 7. The number of nitrogens with one attached hydrogen (secondary N) is 1. The highest BCUT2D eigenvalue weighted by Crippen LogP contribution is 2.45. The number of aryl methyl sites for hydroxylation is 1. The molecule has 2 aromatic rings. The van der Waals surface area contributed by atoms with Crippen LogP contribution in [-0.2, 0) is 11.3 Å². The Kier molecular flexibility index (Phi) is 4.31. The summed E-state index contributed by atoms with van der Waals surface area (Å²) in [5.74, 6) is 2.17. The van der Waals surface area contributed by atoms with Crippen LogP contribution in [0.5, 0.6) is 0 Å². The van der Waals surface area contributed by atoms with Gasteiger partial charge in [-0.2, -0.15) is 0 Å². The van der Waals surface area contributed by atoms with Gasteiger partial charge in [-0.15, -0.1) is 10.2 Å². The van der Waals surface area contributed by atoms with Crippen LogP contribution in [0.3, 0.4) is 0 Å². The van der Waals surface area contributed by atoms with Gasteiger partial charge in [0.15, 0.2) is 5.16 Å². The molecule has 1 N–H and O–H groups in total. The minimum Gasteiger partial charge on any atom is -0.351 e. The number of amides is 1. The van der Waals surface area contributed by atoms with Crippen molar-refractivity contribution in [1.29, 1.82) is 0 Å². The molecule has 0 bridgehead atoms. The monoisotopic (exact) mass is 342 g/mol. The van der Waals surface area contributed by atoms with Crippen LogP contribution in [-0.4, -0.2) is 26.4 Å². The highest BCUT2D eigenvalue weighted by Gasteiger charge is 2.36. The second-order valence-electron chi connectivity index (χ2n) is 6.71. The third-order valence-electron chi connectivity index (χ3n) is 4.62. The molecule has 1 heterocycles. The van der Waals surface area contributed by atoms with E-state index in [1.807, 2.05) is 18.2 Å². The first-order valence-electron chi connectivity index (χ1n) is 8.61. The fourth-order valence-electron chi connectivity index (χ4n) is 2.87. The summed E-state index contributed by atoms with van der Waals surface area (Å²) in [5.41, 5.74) is 2.36. The summed E-state index contributed by atoms with van der Waals surface area (Å²) in [6.07, 6.45) is 4.88. The fraction of sp³-hybridized carbons (Fsp3) is 0.500. The van der Waals surface area contributed by atoms with E-state index < -0.39 is 0 Å². The van der Waals surface area contributed by atoms with Gasteiger partial charge in [-0.3, -0.25) is 4.79 Å². The number of hydrogen-bond acceptors (Lipinski definition) is 4. The molecule has 5 nitrogen and oxygen atoms in total. The van der Waals surface area contributed by atoms with E-state index in [0.717, 1.165) is 16.5 Å². The Morgan fingerprint density at radius 2 is 2.04 bits per heavy atom. The van der Waals surface area contributed by atoms with Crippen LogP contribution in [0.25, 0.3) is 0 Å². The van der Waals surface area contributed by atoms with Crippen molar-refractivity contribution in [3.05, 3.63) is 41.2 Å². The maximum absolute atomic E-state index is 12.2. The Morgan fingerprint density at radius 3 is 2.75 bits per heavy atom. The minimum atomic E-state index is 0.0431. The van der Waals surface area contributed by atoms with E-state index in [4.69, 9.17) is 0 Å². The zero-order chi connectivity index (χ0) is 16.5. The van der Waals surface area contributed by atoms with E-state index in [0.29, 0.717) is 24.3 Å². The lowest BCUT2D eigenvalue weighted by Gasteiger charge is -2.09. The van der Waals surface area contributed by atoms with E-state index in [2.05, 4.69) is 33.1 Å². The van der Waals surface area contributed by atoms with Crippen LogP contribution in [0.2, 0.25) is 0 Å². The van der Waals surface area contributed by atoms with Crippen LogP contribution in [0, 0.1) is 6.92 Å². The van der Waals surface area contributed by atoms with E-state index in [1.54, 1.807) is 0 Å². The van der Waals surface area contributed by atoms with Gasteiger partial charge in [0.1, 0.15) is 5.82 Å². The lowest BCUT2D eigenvalue weighted by atomic mass is 10.1. The number of aromatic nitrogens is 3. The molecular formula is C18H22N4OS. The van der Waals surface area contributed by atoms with Gasteiger partial charge in [0.05, 0.1) is 5.75 Å². The van der Waals surface area contributed by atoms with Gasteiger partial charge in [-0.05, 0) is 43.7 Å². The van der Waals surface area contributed by atoms with E-state index in [9.17, 15) is 4.79 Å². The molecule has 6 heteroatoms. The Labute approximate surface area is 146 Å². The third kappa shape index (κ3) is 3.48. The molecule has 126 valence electrons. The molecule has 1 aromatic carbocycles. The highest BCUT2D eigenvalue weighted by molar-refractivity contribution is 7.99. The predicted octanol–water partition coefficient (Wildman–Crippen LogP) is 3.21. The summed E-state index contributed by atoms with van der Waals surface area (Å²) in [6, 6.07) is 8.69. The topological polar surface area (TPSA) is 59.8 Å². The molecule has 1 aromatic heterocycles. The zero-order valence-corrected chi connectivity index (χ0v) is 14.7. The van der Waals surface area contributed by atoms with Crippen LogP contribution in [0.4, 0.5) is 0 Å². The Morgan fingerprint density at radius 1 is 1.25 bits per heavy atom. The summed E-state index contributed by atoms with van der Waals surface area (Å²) < 4.78 is 2.29. The summed E-state index contributed by atoms with van der Waals surface area (Å²) >= 11 is 1.51. The van der Waals surface area contributed by atoms with Crippen molar-refractivity contribution in [2.75, 3.05) is 5.75 Å². The quantitative estimate of drug-likeness (QED) is 0.785. The SMILES string of the molecule is Cc1ccccc1CNC(=O)CSc1nnc(C2CC2)n1C1CC1. The Bertz CT molecular complexity index is 749. The van der Waals surface area contributed by atoms with Gasteiger partial charge >= 0.3 is 0 Å². The molecule has 2 aliphatic rings. The van der Waals surface area contributed by atoms with Gasteiger partial charge in [-0.25, -0.2) is 0 Å². The summed E-state index contributed by atoms with van der Waals surface area (Å²) in [5, 5.41) is 12.6. The van der Waals surface area contributed by atoms with Crippen LogP contribution >= 0.6 is 11.8 Å². The Balaban J connectivity index is 1.33. The Hall–Kier alpha value is -1.82. The molecule has 0 aliphatic heterocycles. The maximum atomic E-state index is 12.2. The molecule has 0 spiro atoms. The first-order chi connectivity index (χ1) is 11.7. The van der Waals surface area contributed by atoms with Crippen molar-refractivity contribution in [1.82, 2.24) is 20.1 Å². The molecule has 2 fully saturated rings. The zero-order valence-electron chi connectivity index (χ0n) is 13.9. The van der Waals surface area contributed by atoms with Gasteiger partial charge in [0.2, 0.25) is 5.91 Å². The van der Waals surface area contributed by atoms with E-state index >= 15 is 0 Å². The van der Waals surface area contributed by atoms with Gasteiger partial charge in [0, 0.05) is 18.5 Å². The van der Waals surface area contributed by atoms with Crippen molar-refractivity contribution in [3.8, 4) is 0 Å². The molecular weight excluding hydrogens is 320 g/mol. The van der Waals surface area contributed by atoms with Crippen molar-refractivity contribution in [2.45, 2.75) is 56.3 Å². The number of hydrogen-bond donors (Lipinski definition) is 1. The number of benzene rings is 1. The number of nitrogens with zero attached hydrogens (tertiary/aromatic N) is 3. The van der Waals surface area contributed by atoms with Crippen molar-refractivity contribution in [3.63, 3.8) is 0 Å². The van der Waals surface area contributed by atoms with Gasteiger partial charge in [0.25, 0.3) is 0 Å². The fourth-order valence-corrected chi connectivity index (χ4v) is 3.71. The molecule has 0 saturated heterocycles. The molecule has 1 amide bonds. The second-order valence-corrected chi connectivity index (χ2v) is 7.65. The summed E-state index contributed by atoms with van der Waals surface area (Å²) in [4.78, 5) is 12.2. The number of carbonyl (C=O) groups is 1. The van der Waals surface area contributed by atoms with Crippen molar-refractivity contribution >= 4 is 17.7 Å². The number of carbonyl (C=O) groups excluding carboxylic acids is 1. The van der Waals surface area contributed by atoms with E-state index in [1.165, 1.54) is 43.0 Å². The van der Waals surface area contributed by atoms with E-state index in [-0.39, 0.29) is 5.91 Å². The maximum Gasteiger partial charge on any atom is 0.230 e. The van der Waals surface area contributed by atoms with Gasteiger partial charge < -0.3 is 9.88 Å². The largest absolute Gasteiger partial charge is 0.351 e.